The first-order valence-corrected chi connectivity index (χ1v) is 5.94. The number of aliphatic hydroxyl groups is 1. The van der Waals surface area contributed by atoms with Gasteiger partial charge in [-0.2, -0.15) is 0 Å². The van der Waals surface area contributed by atoms with Gasteiger partial charge >= 0.3 is 0 Å². The van der Waals surface area contributed by atoms with Crippen molar-refractivity contribution in [3.8, 4) is 5.75 Å². The van der Waals surface area contributed by atoms with Crippen LogP contribution in [0.25, 0.3) is 0 Å². The van der Waals surface area contributed by atoms with E-state index in [2.05, 4.69) is 0 Å². The van der Waals surface area contributed by atoms with Crippen molar-refractivity contribution >= 4 is 5.91 Å². The van der Waals surface area contributed by atoms with Gasteiger partial charge in [-0.25, -0.2) is 0 Å². The summed E-state index contributed by atoms with van der Waals surface area (Å²) in [5.74, 6) is -0.193. The predicted molar refractivity (Wildman–Crippen MR) is 63.9 cm³/mol. The van der Waals surface area contributed by atoms with Gasteiger partial charge in [0.2, 0.25) is 0 Å². The van der Waals surface area contributed by atoms with Crippen molar-refractivity contribution in [1.29, 1.82) is 0 Å². The molecule has 1 aliphatic rings. The van der Waals surface area contributed by atoms with Crippen LogP contribution >= 0.6 is 0 Å². The number of amides is 1. The summed E-state index contributed by atoms with van der Waals surface area (Å²) in [6.07, 6.45) is 3.10. The van der Waals surface area contributed by atoms with Crippen LogP contribution in [-0.2, 0) is 0 Å². The lowest BCUT2D eigenvalue weighted by molar-refractivity contribution is 0.0523. The molecule has 2 rings (SSSR count). The summed E-state index contributed by atoms with van der Waals surface area (Å²) in [4.78, 5) is 13.9. The fourth-order valence-corrected chi connectivity index (χ4v) is 2.07. The molecular formula is C13H17NO3. The van der Waals surface area contributed by atoms with Gasteiger partial charge < -0.3 is 15.1 Å². The number of hydrogen-bond donors (Lipinski definition) is 2. The van der Waals surface area contributed by atoms with E-state index in [1.54, 1.807) is 23.1 Å². The zero-order chi connectivity index (χ0) is 12.3. The number of carbonyl (C=O) groups is 1. The van der Waals surface area contributed by atoms with Crippen LogP contribution in [0.4, 0.5) is 0 Å². The number of rotatable bonds is 4. The third-order valence-electron chi connectivity index (χ3n) is 3.25. The molecule has 92 valence electrons. The van der Waals surface area contributed by atoms with Crippen molar-refractivity contribution in [3.63, 3.8) is 0 Å². The van der Waals surface area contributed by atoms with Crippen LogP contribution in [0.2, 0.25) is 0 Å². The normalized spacial score (nSPS) is 15.4. The quantitative estimate of drug-likeness (QED) is 0.828. The summed E-state index contributed by atoms with van der Waals surface area (Å²) in [6, 6.07) is 6.75. The highest BCUT2D eigenvalue weighted by Gasteiger charge is 2.29. The lowest BCUT2D eigenvalue weighted by Gasteiger charge is -2.37. The highest BCUT2D eigenvalue weighted by atomic mass is 16.3. The number of benzene rings is 1. The standard InChI is InChI=1S/C13H17NO3/c15-9-8-14(10-4-3-5-10)13(17)11-6-1-2-7-12(11)16/h1-2,6-7,10,15-16H,3-5,8-9H2. The number of para-hydroxylation sites is 1. The molecule has 0 bridgehead atoms. The molecule has 0 spiro atoms. The molecule has 1 amide bonds. The first-order chi connectivity index (χ1) is 8.24. The van der Waals surface area contributed by atoms with Crippen LogP contribution in [0.3, 0.4) is 0 Å². The number of nitrogens with zero attached hydrogens (tertiary/aromatic N) is 1. The van der Waals surface area contributed by atoms with Gasteiger partial charge in [-0.05, 0) is 31.4 Å². The molecule has 1 aromatic rings. The minimum atomic E-state index is -0.193. The van der Waals surface area contributed by atoms with E-state index in [1.807, 2.05) is 0 Å². The first-order valence-electron chi connectivity index (χ1n) is 5.94. The van der Waals surface area contributed by atoms with E-state index in [-0.39, 0.29) is 24.3 Å². The van der Waals surface area contributed by atoms with Gasteiger partial charge in [-0.3, -0.25) is 4.79 Å². The van der Waals surface area contributed by atoms with Gasteiger partial charge in [0.05, 0.1) is 12.2 Å². The molecular weight excluding hydrogens is 218 g/mol. The molecule has 0 aliphatic heterocycles. The van der Waals surface area contributed by atoms with Crippen LogP contribution in [-0.4, -0.2) is 40.2 Å². The smallest absolute Gasteiger partial charge is 0.257 e. The highest BCUT2D eigenvalue weighted by molar-refractivity contribution is 5.97. The van der Waals surface area contributed by atoms with Crippen molar-refractivity contribution in [2.75, 3.05) is 13.2 Å². The molecule has 2 N–H and O–H groups in total. The van der Waals surface area contributed by atoms with E-state index in [9.17, 15) is 9.90 Å². The van der Waals surface area contributed by atoms with E-state index in [1.165, 1.54) is 6.07 Å². The molecule has 4 heteroatoms. The maximum Gasteiger partial charge on any atom is 0.257 e. The first kappa shape index (κ1) is 11.9. The number of phenolic OH excluding ortho intramolecular Hbond substituents is 1. The summed E-state index contributed by atoms with van der Waals surface area (Å²) in [5.41, 5.74) is 0.313. The van der Waals surface area contributed by atoms with Gasteiger partial charge in [0, 0.05) is 12.6 Å². The van der Waals surface area contributed by atoms with E-state index in [0.717, 1.165) is 19.3 Å². The monoisotopic (exact) mass is 235 g/mol. The van der Waals surface area contributed by atoms with Crippen LogP contribution in [0.1, 0.15) is 29.6 Å². The average molecular weight is 235 g/mol. The highest BCUT2D eigenvalue weighted by Crippen LogP contribution is 2.27. The molecule has 0 heterocycles. The number of aromatic hydroxyl groups is 1. The second kappa shape index (κ2) is 5.19. The Kier molecular flexibility index (Phi) is 3.64. The van der Waals surface area contributed by atoms with E-state index in [4.69, 9.17) is 5.11 Å². The maximum atomic E-state index is 12.2. The van der Waals surface area contributed by atoms with E-state index < -0.39 is 0 Å². The number of hydrogen-bond acceptors (Lipinski definition) is 3. The second-order valence-electron chi connectivity index (χ2n) is 4.32. The zero-order valence-corrected chi connectivity index (χ0v) is 9.67. The van der Waals surface area contributed by atoms with Gasteiger partial charge in [0.25, 0.3) is 5.91 Å². The molecule has 0 atom stereocenters. The third kappa shape index (κ3) is 2.42. The molecule has 17 heavy (non-hydrogen) atoms. The van der Waals surface area contributed by atoms with Gasteiger partial charge in [-0.1, -0.05) is 12.1 Å². The van der Waals surface area contributed by atoms with Crippen molar-refractivity contribution in [2.45, 2.75) is 25.3 Å². The van der Waals surface area contributed by atoms with Crippen LogP contribution in [0.5, 0.6) is 5.75 Å². The summed E-state index contributed by atoms with van der Waals surface area (Å²) < 4.78 is 0. The Morgan fingerprint density at radius 2 is 2.06 bits per heavy atom. The van der Waals surface area contributed by atoms with Crippen LogP contribution in [0, 0.1) is 0 Å². The van der Waals surface area contributed by atoms with Crippen LogP contribution in [0.15, 0.2) is 24.3 Å². The minimum absolute atomic E-state index is 0.000219. The lowest BCUT2D eigenvalue weighted by Crippen LogP contribution is -2.45. The lowest BCUT2D eigenvalue weighted by atomic mass is 9.91. The summed E-state index contributed by atoms with van der Waals surface area (Å²) in [6.45, 7) is 0.285. The minimum Gasteiger partial charge on any atom is -0.507 e. The number of aliphatic hydroxyl groups excluding tert-OH is 1. The largest absolute Gasteiger partial charge is 0.507 e. The Balaban J connectivity index is 2.18. The van der Waals surface area contributed by atoms with Gasteiger partial charge in [0.1, 0.15) is 5.75 Å². The molecule has 1 aliphatic carbocycles. The summed E-state index contributed by atoms with van der Waals surface area (Å²) in [5, 5.41) is 18.7. The maximum absolute atomic E-state index is 12.2. The van der Waals surface area contributed by atoms with E-state index >= 15 is 0 Å². The molecule has 0 radical (unpaired) electrons. The van der Waals surface area contributed by atoms with Crippen molar-refractivity contribution in [2.24, 2.45) is 0 Å². The number of phenols is 1. The SMILES string of the molecule is O=C(c1ccccc1O)N(CCO)C1CCC1. The van der Waals surface area contributed by atoms with Crippen molar-refractivity contribution in [1.82, 2.24) is 4.90 Å². The summed E-state index contributed by atoms with van der Waals surface area (Å²) >= 11 is 0. The Morgan fingerprint density at radius 3 is 2.59 bits per heavy atom. The summed E-state index contributed by atoms with van der Waals surface area (Å²) in [7, 11) is 0. The van der Waals surface area contributed by atoms with Crippen molar-refractivity contribution < 1.29 is 15.0 Å². The Morgan fingerprint density at radius 1 is 1.35 bits per heavy atom. The third-order valence-corrected chi connectivity index (χ3v) is 3.25. The van der Waals surface area contributed by atoms with Crippen molar-refractivity contribution in [3.05, 3.63) is 29.8 Å². The second-order valence-corrected chi connectivity index (χ2v) is 4.32. The average Bonchev–Trinajstić information content (AvgIpc) is 2.26. The van der Waals surface area contributed by atoms with Crippen LogP contribution < -0.4 is 0 Å². The molecule has 0 unspecified atom stereocenters. The predicted octanol–water partition coefficient (Wildman–Crippen LogP) is 1.38. The Labute approximate surface area is 100 Å². The fourth-order valence-electron chi connectivity index (χ4n) is 2.07. The Bertz CT molecular complexity index is 401. The fraction of sp³-hybridized carbons (Fsp3) is 0.462. The molecule has 1 fully saturated rings. The topological polar surface area (TPSA) is 60.8 Å². The molecule has 1 saturated carbocycles. The molecule has 0 aromatic heterocycles. The van der Waals surface area contributed by atoms with Gasteiger partial charge in [-0.15, -0.1) is 0 Å². The number of carbonyl (C=O) groups excluding carboxylic acids is 1. The zero-order valence-electron chi connectivity index (χ0n) is 9.67. The van der Waals surface area contributed by atoms with Gasteiger partial charge in [0.15, 0.2) is 0 Å². The van der Waals surface area contributed by atoms with E-state index in [0.29, 0.717) is 12.1 Å². The Hall–Kier alpha value is -1.55. The molecule has 4 nitrogen and oxygen atoms in total. The molecule has 0 saturated heterocycles. The molecule has 1 aromatic carbocycles.